The van der Waals surface area contributed by atoms with Crippen LogP contribution in [0.5, 0.6) is 0 Å². The Morgan fingerprint density at radius 3 is 2.45 bits per heavy atom. The molecule has 1 saturated carbocycles. The molecule has 3 aromatic heterocycles. The zero-order chi connectivity index (χ0) is 26.5. The number of halogens is 3. The summed E-state index contributed by atoms with van der Waals surface area (Å²) in [6.07, 6.45) is 3.14. The van der Waals surface area contributed by atoms with Crippen molar-refractivity contribution in [2.45, 2.75) is 6.92 Å². The minimum absolute atomic E-state index is 0.0188. The number of benzene rings is 2. The highest BCUT2D eigenvalue weighted by atomic mass is 19.1. The van der Waals surface area contributed by atoms with Gasteiger partial charge in [0.15, 0.2) is 5.82 Å². The molecule has 1 saturated heterocycles. The second kappa shape index (κ2) is 7.80. The number of carboxylic acid groups (broad SMARTS) is 1. The highest BCUT2D eigenvalue weighted by Gasteiger charge is 2.60. The van der Waals surface area contributed by atoms with Crippen LogP contribution in [0.15, 0.2) is 42.7 Å². The monoisotopic (exact) mass is 518 g/mol. The molecule has 3 atom stereocenters. The largest absolute Gasteiger partial charge is 0.481 e. The summed E-state index contributed by atoms with van der Waals surface area (Å²) in [6.45, 7) is 2.90. The molecule has 0 bridgehead atoms. The van der Waals surface area contributed by atoms with E-state index in [0.717, 1.165) is 6.07 Å². The lowest BCUT2D eigenvalue weighted by Crippen LogP contribution is -2.26. The van der Waals surface area contributed by atoms with E-state index < -0.39 is 23.4 Å². The molecule has 0 amide bonds. The summed E-state index contributed by atoms with van der Waals surface area (Å²) in [4.78, 5) is 17.9. The second-order valence-electron chi connectivity index (χ2n) is 10.1. The molecule has 192 valence electrons. The van der Waals surface area contributed by atoms with Crippen LogP contribution in [0.25, 0.3) is 38.8 Å². The van der Waals surface area contributed by atoms with Crippen molar-refractivity contribution in [1.29, 1.82) is 0 Å². The zero-order valence-electron chi connectivity index (χ0n) is 20.4. The molecule has 4 heterocycles. The molecule has 7 rings (SSSR count). The number of aromatic nitrogens is 5. The first kappa shape index (κ1) is 22.8. The summed E-state index contributed by atoms with van der Waals surface area (Å²) in [6, 6.07) is 7.24. The number of carbonyl (C=O) groups is 1. The summed E-state index contributed by atoms with van der Waals surface area (Å²) in [5.41, 5.74) is 1.65. The molecular weight excluding hydrogens is 497 g/mol. The van der Waals surface area contributed by atoms with Crippen molar-refractivity contribution in [3.63, 3.8) is 0 Å². The van der Waals surface area contributed by atoms with E-state index in [9.17, 15) is 18.7 Å². The van der Waals surface area contributed by atoms with Gasteiger partial charge in [-0.05, 0) is 43.0 Å². The summed E-state index contributed by atoms with van der Waals surface area (Å²) in [7, 11) is 1.62. The van der Waals surface area contributed by atoms with Crippen molar-refractivity contribution in [3.05, 3.63) is 65.7 Å². The maximum absolute atomic E-state index is 15.3. The number of nitrogens with zero attached hydrogens (tertiary/aromatic N) is 6. The molecular formula is C27H21F3N6O2. The fourth-order valence-electron chi connectivity index (χ4n) is 5.95. The van der Waals surface area contributed by atoms with E-state index in [1.807, 2.05) is 6.07 Å². The standard InChI is InChI=1S/C27H21F3N6O2/c1-12-18(28)5-4-14-25(23-17-9-34(2)32-24(17)20(30)7-19(23)29)33-36(26(12)14)13-3-6-21(31-8-13)35-10-15-16(11-35)22(15)27(37)38/h3-9,15-16,22H,10-11H2,1-2H3,(H,37,38)/t15-,16+,22?. The van der Waals surface area contributed by atoms with Gasteiger partial charge in [0.05, 0.1) is 23.3 Å². The lowest BCUT2D eigenvalue weighted by Gasteiger charge is -2.20. The van der Waals surface area contributed by atoms with Crippen LogP contribution in [0.3, 0.4) is 0 Å². The average molecular weight is 518 g/mol. The molecule has 1 N–H and O–H groups in total. The molecule has 0 radical (unpaired) electrons. The van der Waals surface area contributed by atoms with E-state index >= 15 is 4.39 Å². The Morgan fingerprint density at radius 2 is 1.76 bits per heavy atom. The van der Waals surface area contributed by atoms with Crippen LogP contribution in [0, 0.1) is 42.1 Å². The van der Waals surface area contributed by atoms with Crippen molar-refractivity contribution >= 4 is 33.6 Å². The number of carboxylic acids is 1. The Hall–Kier alpha value is -4.41. The first-order valence-corrected chi connectivity index (χ1v) is 12.2. The first-order valence-electron chi connectivity index (χ1n) is 12.2. The second-order valence-corrected chi connectivity index (χ2v) is 10.1. The van der Waals surface area contributed by atoms with E-state index in [0.29, 0.717) is 41.1 Å². The number of hydrogen-bond donors (Lipinski definition) is 1. The van der Waals surface area contributed by atoms with Crippen LogP contribution in [0.1, 0.15) is 5.56 Å². The van der Waals surface area contributed by atoms with Gasteiger partial charge < -0.3 is 10.0 Å². The number of anilines is 1. The van der Waals surface area contributed by atoms with Crippen molar-refractivity contribution in [1.82, 2.24) is 24.5 Å². The van der Waals surface area contributed by atoms with Crippen LogP contribution < -0.4 is 4.90 Å². The average Bonchev–Trinajstić information content (AvgIpc) is 3.22. The molecule has 2 aliphatic rings. The van der Waals surface area contributed by atoms with Gasteiger partial charge in [0.1, 0.15) is 28.7 Å². The van der Waals surface area contributed by atoms with Gasteiger partial charge in [-0.15, -0.1) is 0 Å². The van der Waals surface area contributed by atoms with Crippen molar-refractivity contribution in [2.75, 3.05) is 18.0 Å². The van der Waals surface area contributed by atoms with E-state index in [2.05, 4.69) is 20.1 Å². The van der Waals surface area contributed by atoms with Crippen molar-refractivity contribution < 1.29 is 23.1 Å². The Bertz CT molecular complexity index is 1780. The van der Waals surface area contributed by atoms with Gasteiger partial charge in [-0.2, -0.15) is 10.2 Å². The molecule has 2 fully saturated rings. The van der Waals surface area contributed by atoms with Gasteiger partial charge in [-0.1, -0.05) is 0 Å². The van der Waals surface area contributed by atoms with Crippen LogP contribution in [-0.2, 0) is 11.8 Å². The number of pyridine rings is 1. The van der Waals surface area contributed by atoms with Crippen LogP contribution in [-0.4, -0.2) is 48.7 Å². The SMILES string of the molecule is Cc1c(F)ccc2c(-c3c(F)cc(F)c4nn(C)cc34)nn(-c3ccc(N4C[C@@H]5C(C(=O)O)[C@@H]5C4)nc3)c12. The van der Waals surface area contributed by atoms with E-state index in [4.69, 9.17) is 0 Å². The number of aliphatic carboxylic acids is 1. The number of hydrogen-bond acceptors (Lipinski definition) is 5. The maximum atomic E-state index is 15.3. The quantitative estimate of drug-likeness (QED) is 0.378. The molecule has 38 heavy (non-hydrogen) atoms. The van der Waals surface area contributed by atoms with Crippen molar-refractivity contribution in [2.24, 2.45) is 24.8 Å². The molecule has 1 unspecified atom stereocenters. The van der Waals surface area contributed by atoms with Gasteiger partial charge >= 0.3 is 5.97 Å². The lowest BCUT2D eigenvalue weighted by atomic mass is 10.0. The number of fused-ring (bicyclic) bond motifs is 3. The fourth-order valence-corrected chi connectivity index (χ4v) is 5.95. The van der Waals surface area contributed by atoms with Crippen LogP contribution in [0.4, 0.5) is 19.0 Å². The third-order valence-electron chi connectivity index (χ3n) is 7.87. The predicted molar refractivity (Wildman–Crippen MR) is 134 cm³/mol. The minimum Gasteiger partial charge on any atom is -0.481 e. The van der Waals surface area contributed by atoms with Crippen LogP contribution in [0.2, 0.25) is 0 Å². The van der Waals surface area contributed by atoms with Gasteiger partial charge in [0.2, 0.25) is 0 Å². The molecule has 1 aliphatic carbocycles. The van der Waals surface area contributed by atoms with Gasteiger partial charge in [-0.25, -0.2) is 22.8 Å². The fraction of sp³-hybridized carbons (Fsp3) is 0.259. The molecule has 0 spiro atoms. The molecule has 11 heteroatoms. The Kier molecular flexibility index (Phi) is 4.67. The minimum atomic E-state index is -0.794. The number of rotatable bonds is 4. The van der Waals surface area contributed by atoms with Crippen molar-refractivity contribution in [3.8, 4) is 16.9 Å². The first-order chi connectivity index (χ1) is 18.2. The summed E-state index contributed by atoms with van der Waals surface area (Å²) in [5, 5.41) is 18.8. The summed E-state index contributed by atoms with van der Waals surface area (Å²) in [5.74, 6) is -2.02. The van der Waals surface area contributed by atoms with Gasteiger partial charge in [0.25, 0.3) is 0 Å². The predicted octanol–water partition coefficient (Wildman–Crippen LogP) is 4.47. The van der Waals surface area contributed by atoms with E-state index in [1.54, 1.807) is 32.3 Å². The van der Waals surface area contributed by atoms with Gasteiger partial charge in [0, 0.05) is 54.3 Å². The van der Waals surface area contributed by atoms with Crippen LogP contribution >= 0.6 is 0 Å². The summed E-state index contributed by atoms with van der Waals surface area (Å²) >= 11 is 0. The third kappa shape index (κ3) is 3.17. The number of piperidine rings is 1. The molecule has 1 aliphatic heterocycles. The summed E-state index contributed by atoms with van der Waals surface area (Å²) < 4.78 is 47.4. The smallest absolute Gasteiger partial charge is 0.307 e. The third-order valence-corrected chi connectivity index (χ3v) is 7.87. The highest BCUT2D eigenvalue weighted by molar-refractivity contribution is 6.04. The Labute approximate surface area is 213 Å². The molecule has 2 aromatic carbocycles. The van der Waals surface area contributed by atoms with E-state index in [1.165, 1.54) is 21.6 Å². The zero-order valence-corrected chi connectivity index (χ0v) is 20.4. The maximum Gasteiger partial charge on any atom is 0.307 e. The Balaban J connectivity index is 1.34. The lowest BCUT2D eigenvalue weighted by molar-refractivity contribution is -0.139. The van der Waals surface area contributed by atoms with Gasteiger partial charge in [-0.3, -0.25) is 9.48 Å². The number of aryl methyl sites for hydroxylation is 2. The topological polar surface area (TPSA) is 89.1 Å². The Morgan fingerprint density at radius 1 is 1.00 bits per heavy atom. The normalized spacial score (nSPS) is 20.4. The van der Waals surface area contributed by atoms with E-state index in [-0.39, 0.29) is 39.9 Å². The molecule has 5 aromatic rings. The molecule has 8 nitrogen and oxygen atoms in total. The highest BCUT2D eigenvalue weighted by Crippen LogP contribution is 2.52.